The minimum Gasteiger partial charge on any atom is -0.344 e. The number of aromatic nitrogens is 2. The number of carbonyl (C=O) groups excluding carboxylic acids is 1. The largest absolute Gasteiger partial charge is 0.344 e. The highest BCUT2D eigenvalue weighted by Crippen LogP contribution is 2.18. The van der Waals surface area contributed by atoms with Crippen LogP contribution < -0.4 is 5.32 Å². The van der Waals surface area contributed by atoms with Crippen molar-refractivity contribution in [2.24, 2.45) is 7.05 Å². The first-order chi connectivity index (χ1) is 9.04. The summed E-state index contributed by atoms with van der Waals surface area (Å²) in [6.07, 6.45) is 0. The van der Waals surface area contributed by atoms with Gasteiger partial charge in [0.25, 0.3) is 0 Å². The summed E-state index contributed by atoms with van der Waals surface area (Å²) in [5.74, 6) is 0.779. The van der Waals surface area contributed by atoms with Crippen molar-refractivity contribution in [2.75, 3.05) is 18.9 Å². The number of aryl methyl sites for hydroxylation is 1. The zero-order valence-corrected chi connectivity index (χ0v) is 11.8. The first kappa shape index (κ1) is 13.4. The van der Waals surface area contributed by atoms with Crippen molar-refractivity contribution in [3.63, 3.8) is 0 Å². The number of rotatable bonds is 4. The van der Waals surface area contributed by atoms with Gasteiger partial charge in [0.05, 0.1) is 11.0 Å². The van der Waals surface area contributed by atoms with Crippen LogP contribution >= 0.6 is 0 Å². The van der Waals surface area contributed by atoms with Gasteiger partial charge >= 0.3 is 0 Å². The number of amides is 1. The summed E-state index contributed by atoms with van der Waals surface area (Å²) in [5.41, 5.74) is 1.98. The van der Waals surface area contributed by atoms with Crippen LogP contribution in [0, 0.1) is 0 Å². The van der Waals surface area contributed by atoms with Crippen LogP contribution in [0.3, 0.4) is 0 Å². The quantitative estimate of drug-likeness (QED) is 0.912. The number of hydrogen-bond donors (Lipinski definition) is 1. The number of likely N-dealkylation sites (N-methyl/N-ethyl adjacent to an activating group) is 1. The highest BCUT2D eigenvalue weighted by atomic mass is 16.2. The van der Waals surface area contributed by atoms with E-state index < -0.39 is 0 Å². The van der Waals surface area contributed by atoms with Gasteiger partial charge in [-0.25, -0.2) is 4.98 Å². The van der Waals surface area contributed by atoms with Crippen molar-refractivity contribution in [3.05, 3.63) is 24.3 Å². The third-order valence-corrected chi connectivity index (χ3v) is 3.35. The summed E-state index contributed by atoms with van der Waals surface area (Å²) in [6.45, 7) is 4.51. The average Bonchev–Trinajstić information content (AvgIpc) is 2.74. The van der Waals surface area contributed by atoms with E-state index in [1.807, 2.05) is 49.7 Å². The molecular formula is C14H20N4O. The summed E-state index contributed by atoms with van der Waals surface area (Å²) < 4.78 is 1.96. The fraction of sp³-hybridized carbons (Fsp3) is 0.429. The maximum atomic E-state index is 12.0. The predicted molar refractivity (Wildman–Crippen MR) is 77.1 cm³/mol. The fourth-order valence-corrected chi connectivity index (χ4v) is 2.02. The molecule has 5 heteroatoms. The molecule has 1 heterocycles. The molecule has 0 spiro atoms. The Morgan fingerprint density at radius 1 is 1.47 bits per heavy atom. The molecule has 0 aliphatic carbocycles. The second-order valence-electron chi connectivity index (χ2n) is 4.70. The first-order valence-corrected chi connectivity index (χ1v) is 6.47. The Labute approximate surface area is 113 Å². The smallest absolute Gasteiger partial charge is 0.244 e. The van der Waals surface area contributed by atoms with Gasteiger partial charge in [-0.1, -0.05) is 12.1 Å². The molecule has 1 N–H and O–H groups in total. The molecule has 19 heavy (non-hydrogen) atoms. The third-order valence-electron chi connectivity index (χ3n) is 3.35. The number of carbonyl (C=O) groups is 1. The molecule has 0 aliphatic heterocycles. The summed E-state index contributed by atoms with van der Waals surface area (Å²) in [6, 6.07) is 7.62. The van der Waals surface area contributed by atoms with Gasteiger partial charge in [0.15, 0.2) is 0 Å². The Morgan fingerprint density at radius 2 is 2.16 bits per heavy atom. The first-order valence-electron chi connectivity index (χ1n) is 6.47. The van der Waals surface area contributed by atoms with Gasteiger partial charge in [-0.2, -0.15) is 0 Å². The zero-order valence-electron chi connectivity index (χ0n) is 11.8. The van der Waals surface area contributed by atoms with Crippen molar-refractivity contribution >= 4 is 22.9 Å². The van der Waals surface area contributed by atoms with Gasteiger partial charge in [-0.15, -0.1) is 0 Å². The number of hydrogen-bond acceptors (Lipinski definition) is 3. The molecule has 0 radical (unpaired) electrons. The van der Waals surface area contributed by atoms with E-state index in [0.29, 0.717) is 12.5 Å². The number of nitrogens with zero attached hydrogens (tertiary/aromatic N) is 3. The molecule has 2 aromatic rings. The van der Waals surface area contributed by atoms with E-state index in [0.717, 1.165) is 11.0 Å². The van der Waals surface area contributed by atoms with Crippen LogP contribution in [0.5, 0.6) is 0 Å². The van der Waals surface area contributed by atoms with Gasteiger partial charge in [0.1, 0.15) is 6.04 Å². The second kappa shape index (κ2) is 5.30. The van der Waals surface area contributed by atoms with Crippen molar-refractivity contribution in [2.45, 2.75) is 19.9 Å². The van der Waals surface area contributed by atoms with Gasteiger partial charge in [0.2, 0.25) is 11.9 Å². The van der Waals surface area contributed by atoms with E-state index in [-0.39, 0.29) is 11.9 Å². The molecule has 0 saturated heterocycles. The Balaban J connectivity index is 2.22. The number of imidazole rings is 1. The van der Waals surface area contributed by atoms with Crippen LogP contribution in [-0.2, 0) is 11.8 Å². The topological polar surface area (TPSA) is 50.2 Å². The molecule has 5 nitrogen and oxygen atoms in total. The van der Waals surface area contributed by atoms with E-state index in [2.05, 4.69) is 10.3 Å². The molecule has 0 bridgehead atoms. The van der Waals surface area contributed by atoms with Crippen molar-refractivity contribution < 1.29 is 4.79 Å². The summed E-state index contributed by atoms with van der Waals surface area (Å²) in [4.78, 5) is 18.2. The van der Waals surface area contributed by atoms with Crippen molar-refractivity contribution in [3.8, 4) is 0 Å². The standard InChI is InChI=1S/C14H20N4O/c1-5-17(3)13(19)10(2)15-14-16-11-8-6-7-9-12(11)18(14)4/h6-10H,5H2,1-4H3,(H,15,16). The Morgan fingerprint density at radius 3 is 2.79 bits per heavy atom. The lowest BCUT2D eigenvalue weighted by atomic mass is 10.3. The second-order valence-corrected chi connectivity index (χ2v) is 4.70. The lowest BCUT2D eigenvalue weighted by Gasteiger charge is -2.20. The van der Waals surface area contributed by atoms with Crippen LogP contribution in [0.25, 0.3) is 11.0 Å². The third kappa shape index (κ3) is 2.54. The molecule has 0 saturated carbocycles. The van der Waals surface area contributed by atoms with Gasteiger partial charge in [0, 0.05) is 20.6 Å². The van der Waals surface area contributed by atoms with Crippen LogP contribution in [0.15, 0.2) is 24.3 Å². The van der Waals surface area contributed by atoms with Crippen molar-refractivity contribution in [1.29, 1.82) is 0 Å². The zero-order chi connectivity index (χ0) is 14.0. The summed E-state index contributed by atoms with van der Waals surface area (Å²) in [5, 5.41) is 3.18. The molecule has 1 atom stereocenters. The molecule has 0 fully saturated rings. The monoisotopic (exact) mass is 260 g/mol. The minimum absolute atomic E-state index is 0.0644. The van der Waals surface area contributed by atoms with Gasteiger partial charge in [-0.05, 0) is 26.0 Å². The van der Waals surface area contributed by atoms with Crippen LogP contribution in [-0.4, -0.2) is 40.0 Å². The molecule has 0 aliphatic rings. The number of nitrogens with one attached hydrogen (secondary N) is 1. The Hall–Kier alpha value is -2.04. The number of para-hydroxylation sites is 2. The van der Waals surface area contributed by atoms with E-state index >= 15 is 0 Å². The van der Waals surface area contributed by atoms with E-state index in [1.165, 1.54) is 0 Å². The molecule has 1 aromatic carbocycles. The Kier molecular flexibility index (Phi) is 3.74. The normalized spacial score (nSPS) is 12.4. The number of benzene rings is 1. The molecular weight excluding hydrogens is 240 g/mol. The molecule has 1 amide bonds. The minimum atomic E-state index is -0.291. The van der Waals surface area contributed by atoms with Crippen molar-refractivity contribution in [1.82, 2.24) is 14.5 Å². The Bertz CT molecular complexity index is 590. The van der Waals surface area contributed by atoms with E-state index in [4.69, 9.17) is 0 Å². The van der Waals surface area contributed by atoms with E-state index in [1.54, 1.807) is 11.9 Å². The lowest BCUT2D eigenvalue weighted by molar-refractivity contribution is -0.130. The SMILES string of the molecule is CCN(C)C(=O)C(C)Nc1nc2ccccc2n1C. The fourth-order valence-electron chi connectivity index (χ4n) is 2.02. The van der Waals surface area contributed by atoms with Crippen LogP contribution in [0.4, 0.5) is 5.95 Å². The molecule has 1 aromatic heterocycles. The van der Waals surface area contributed by atoms with E-state index in [9.17, 15) is 4.79 Å². The molecule has 2 rings (SSSR count). The highest BCUT2D eigenvalue weighted by molar-refractivity contribution is 5.85. The van der Waals surface area contributed by atoms with Crippen LogP contribution in [0.1, 0.15) is 13.8 Å². The maximum Gasteiger partial charge on any atom is 0.244 e. The van der Waals surface area contributed by atoms with Gasteiger partial charge < -0.3 is 14.8 Å². The highest BCUT2D eigenvalue weighted by Gasteiger charge is 2.18. The summed E-state index contributed by atoms with van der Waals surface area (Å²) >= 11 is 0. The number of fused-ring (bicyclic) bond motifs is 1. The number of anilines is 1. The molecule has 102 valence electrons. The lowest BCUT2D eigenvalue weighted by Crippen LogP contribution is -2.39. The summed E-state index contributed by atoms with van der Waals surface area (Å²) in [7, 11) is 3.74. The molecule has 1 unspecified atom stereocenters. The van der Waals surface area contributed by atoms with Crippen LogP contribution in [0.2, 0.25) is 0 Å². The predicted octanol–water partition coefficient (Wildman–Crippen LogP) is 1.85. The maximum absolute atomic E-state index is 12.0. The average molecular weight is 260 g/mol. The van der Waals surface area contributed by atoms with Gasteiger partial charge in [-0.3, -0.25) is 4.79 Å².